The lowest BCUT2D eigenvalue weighted by Gasteiger charge is -2.32. The molecular weight excluding hydrogens is 564 g/mol. The molecule has 3 aromatic rings. The SMILES string of the molecule is C=CCCC(=O)N1[C@H](COCc2ccccc2)[C@H](OCc2ccccc2)[C@H](OCc2ccccc2)[C@@H]1C(=O)NC1CCCCC1. The summed E-state index contributed by atoms with van der Waals surface area (Å²) in [4.78, 5) is 30.0. The second-order valence-corrected chi connectivity index (χ2v) is 12.0. The van der Waals surface area contributed by atoms with E-state index in [2.05, 4.69) is 11.9 Å². The van der Waals surface area contributed by atoms with Gasteiger partial charge in [0.1, 0.15) is 18.2 Å². The summed E-state index contributed by atoms with van der Waals surface area (Å²) in [5.74, 6) is -0.322. The van der Waals surface area contributed by atoms with Crippen LogP contribution in [0.4, 0.5) is 0 Å². The number of benzene rings is 3. The minimum absolute atomic E-state index is 0.0863. The van der Waals surface area contributed by atoms with Gasteiger partial charge in [-0.25, -0.2) is 0 Å². The van der Waals surface area contributed by atoms with Gasteiger partial charge in [-0.1, -0.05) is 116 Å². The highest BCUT2D eigenvalue weighted by molar-refractivity contribution is 5.89. The number of hydrogen-bond donors (Lipinski definition) is 1. The fourth-order valence-corrected chi connectivity index (χ4v) is 6.40. The highest BCUT2D eigenvalue weighted by atomic mass is 16.5. The molecule has 3 aromatic carbocycles. The summed E-state index contributed by atoms with van der Waals surface area (Å²) in [6.45, 7) is 5.01. The van der Waals surface area contributed by atoms with E-state index in [9.17, 15) is 9.59 Å². The molecule has 2 amide bonds. The molecule has 1 heterocycles. The number of hydrogen-bond acceptors (Lipinski definition) is 5. The molecule has 0 aromatic heterocycles. The van der Waals surface area contributed by atoms with Crippen molar-refractivity contribution in [3.63, 3.8) is 0 Å². The van der Waals surface area contributed by atoms with Crippen LogP contribution in [0.15, 0.2) is 104 Å². The van der Waals surface area contributed by atoms with Gasteiger partial charge in [0.25, 0.3) is 0 Å². The van der Waals surface area contributed by atoms with Crippen molar-refractivity contribution in [3.05, 3.63) is 120 Å². The van der Waals surface area contributed by atoms with E-state index in [0.717, 1.165) is 42.4 Å². The zero-order valence-corrected chi connectivity index (χ0v) is 26.1. The van der Waals surface area contributed by atoms with Gasteiger partial charge in [0.15, 0.2) is 0 Å². The third-order valence-electron chi connectivity index (χ3n) is 8.71. The Morgan fingerprint density at radius 1 is 0.756 bits per heavy atom. The van der Waals surface area contributed by atoms with Gasteiger partial charge in [-0.05, 0) is 36.0 Å². The van der Waals surface area contributed by atoms with Crippen LogP contribution in [0.3, 0.4) is 0 Å². The Labute approximate surface area is 267 Å². The molecular formula is C38H46N2O5. The lowest BCUT2D eigenvalue weighted by Crippen LogP contribution is -2.55. The minimum Gasteiger partial charge on any atom is -0.375 e. The van der Waals surface area contributed by atoms with Crippen LogP contribution < -0.4 is 5.32 Å². The molecule has 0 unspecified atom stereocenters. The lowest BCUT2D eigenvalue weighted by molar-refractivity contribution is -0.144. The molecule has 1 saturated carbocycles. The summed E-state index contributed by atoms with van der Waals surface area (Å²) < 4.78 is 19.6. The minimum atomic E-state index is -0.862. The smallest absolute Gasteiger partial charge is 0.245 e. The zero-order chi connectivity index (χ0) is 31.3. The number of nitrogens with zero attached hydrogens (tertiary/aromatic N) is 1. The van der Waals surface area contributed by atoms with Gasteiger partial charge >= 0.3 is 0 Å². The monoisotopic (exact) mass is 610 g/mol. The average Bonchev–Trinajstić information content (AvgIpc) is 3.40. The number of carbonyl (C=O) groups is 2. The van der Waals surface area contributed by atoms with Crippen molar-refractivity contribution in [3.8, 4) is 0 Å². The quantitative estimate of drug-likeness (QED) is 0.203. The van der Waals surface area contributed by atoms with E-state index in [-0.39, 0.29) is 37.5 Å². The Morgan fingerprint density at radius 2 is 1.29 bits per heavy atom. The van der Waals surface area contributed by atoms with Crippen LogP contribution in [0.2, 0.25) is 0 Å². The van der Waals surface area contributed by atoms with E-state index in [4.69, 9.17) is 14.2 Å². The first-order valence-electron chi connectivity index (χ1n) is 16.3. The van der Waals surface area contributed by atoms with Crippen molar-refractivity contribution in [2.24, 2.45) is 0 Å². The molecule has 7 nitrogen and oxygen atoms in total. The number of ether oxygens (including phenoxy) is 3. The molecule has 7 heteroatoms. The van der Waals surface area contributed by atoms with E-state index in [1.54, 1.807) is 11.0 Å². The Hall–Kier alpha value is -3.78. The molecule has 45 heavy (non-hydrogen) atoms. The first kappa shape index (κ1) is 32.6. The van der Waals surface area contributed by atoms with Crippen molar-refractivity contribution in [1.29, 1.82) is 0 Å². The number of nitrogens with one attached hydrogen (secondary N) is 1. The van der Waals surface area contributed by atoms with E-state index in [1.807, 2.05) is 91.0 Å². The third-order valence-corrected chi connectivity index (χ3v) is 8.71. The normalized spacial score (nSPS) is 21.8. The van der Waals surface area contributed by atoms with Crippen LogP contribution in [0.1, 0.15) is 61.6 Å². The maximum Gasteiger partial charge on any atom is 0.245 e. The molecule has 1 saturated heterocycles. The fraction of sp³-hybridized carbons (Fsp3) is 0.421. The molecule has 0 bridgehead atoms. The fourth-order valence-electron chi connectivity index (χ4n) is 6.40. The third kappa shape index (κ3) is 9.13. The number of rotatable bonds is 15. The van der Waals surface area contributed by atoms with Crippen molar-refractivity contribution >= 4 is 11.8 Å². The summed E-state index contributed by atoms with van der Waals surface area (Å²) in [7, 11) is 0. The Balaban J connectivity index is 1.47. The number of carbonyl (C=O) groups excluding carboxylic acids is 2. The lowest BCUT2D eigenvalue weighted by atomic mass is 9.95. The summed E-state index contributed by atoms with van der Waals surface area (Å²) in [6.07, 6.45) is 6.42. The molecule has 2 fully saturated rings. The van der Waals surface area contributed by atoms with Crippen LogP contribution in [-0.4, -0.2) is 53.7 Å². The molecule has 1 aliphatic heterocycles. The van der Waals surface area contributed by atoms with Crippen molar-refractivity contribution in [1.82, 2.24) is 10.2 Å². The maximum atomic E-state index is 14.3. The predicted octanol–water partition coefficient (Wildman–Crippen LogP) is 6.37. The number of likely N-dealkylation sites (tertiary alicyclic amines) is 1. The summed E-state index contributed by atoms with van der Waals surface area (Å²) in [5, 5.41) is 3.30. The first-order chi connectivity index (χ1) is 22.1. The molecule has 4 atom stereocenters. The molecule has 1 N–H and O–H groups in total. The van der Waals surface area contributed by atoms with E-state index >= 15 is 0 Å². The van der Waals surface area contributed by atoms with Gasteiger partial charge in [0.05, 0.1) is 32.5 Å². The molecule has 2 aliphatic rings. The largest absolute Gasteiger partial charge is 0.375 e. The van der Waals surface area contributed by atoms with Crippen molar-refractivity contribution < 1.29 is 23.8 Å². The molecule has 5 rings (SSSR count). The maximum absolute atomic E-state index is 14.3. The van der Waals surface area contributed by atoms with Crippen LogP contribution in [0, 0.1) is 0 Å². The zero-order valence-electron chi connectivity index (χ0n) is 26.1. The van der Waals surface area contributed by atoms with Crippen molar-refractivity contribution in [2.75, 3.05) is 6.61 Å². The van der Waals surface area contributed by atoms with Crippen LogP contribution in [0.5, 0.6) is 0 Å². The molecule has 1 aliphatic carbocycles. The number of amides is 2. The predicted molar refractivity (Wildman–Crippen MR) is 175 cm³/mol. The van der Waals surface area contributed by atoms with Crippen molar-refractivity contribution in [2.45, 2.75) is 95.1 Å². The summed E-state index contributed by atoms with van der Waals surface area (Å²) >= 11 is 0. The summed E-state index contributed by atoms with van der Waals surface area (Å²) in [6, 6.07) is 28.5. The second kappa shape index (κ2) is 17.1. The van der Waals surface area contributed by atoms with Gasteiger partial charge in [-0.3, -0.25) is 9.59 Å². The van der Waals surface area contributed by atoms with Gasteiger partial charge in [-0.2, -0.15) is 0 Å². The van der Waals surface area contributed by atoms with Crippen LogP contribution in [-0.2, 0) is 43.6 Å². The Morgan fingerprint density at radius 3 is 1.84 bits per heavy atom. The summed E-state index contributed by atoms with van der Waals surface area (Å²) in [5.41, 5.74) is 3.02. The Kier molecular flexibility index (Phi) is 12.4. The number of allylic oxidation sites excluding steroid dienone is 1. The van der Waals surface area contributed by atoms with Gasteiger partial charge < -0.3 is 24.4 Å². The second-order valence-electron chi connectivity index (χ2n) is 12.0. The van der Waals surface area contributed by atoms with Gasteiger partial charge in [-0.15, -0.1) is 6.58 Å². The van der Waals surface area contributed by atoms with Crippen LogP contribution in [0.25, 0.3) is 0 Å². The molecule has 0 radical (unpaired) electrons. The highest BCUT2D eigenvalue weighted by Crippen LogP contribution is 2.34. The van der Waals surface area contributed by atoms with Crippen LogP contribution >= 0.6 is 0 Å². The average molecular weight is 611 g/mol. The highest BCUT2D eigenvalue weighted by Gasteiger charge is 2.55. The van der Waals surface area contributed by atoms with E-state index in [1.165, 1.54) is 6.42 Å². The molecule has 238 valence electrons. The van der Waals surface area contributed by atoms with E-state index in [0.29, 0.717) is 19.6 Å². The topological polar surface area (TPSA) is 77.1 Å². The van der Waals surface area contributed by atoms with Gasteiger partial charge in [0.2, 0.25) is 11.8 Å². The first-order valence-corrected chi connectivity index (χ1v) is 16.3. The molecule has 0 spiro atoms. The van der Waals surface area contributed by atoms with E-state index < -0.39 is 24.3 Å². The Bertz CT molecular complexity index is 1330. The van der Waals surface area contributed by atoms with Gasteiger partial charge in [0, 0.05) is 12.5 Å². The standard InChI is InChI=1S/C38H46N2O5/c1-2-3-24-34(41)40-33(28-43-25-29-16-8-4-9-17-29)36(44-26-30-18-10-5-11-19-30)37(45-27-31-20-12-6-13-21-31)35(40)38(42)39-32-22-14-7-15-23-32/h2,4-6,8-13,16-21,32-33,35-37H,1,3,7,14-15,22-28H2,(H,39,42)/t33-,35-,36+,37-/m1/s1.